The van der Waals surface area contributed by atoms with Crippen molar-refractivity contribution >= 4 is 21.9 Å². The second-order valence-electron chi connectivity index (χ2n) is 4.45. The molecule has 0 radical (unpaired) electrons. The first-order valence-electron chi connectivity index (χ1n) is 6.15. The maximum atomic E-state index is 12.7. The lowest BCUT2D eigenvalue weighted by Gasteiger charge is -2.15. The number of rotatable bonds is 6. The number of carbonyl (C=O) groups is 1. The van der Waals surface area contributed by atoms with Crippen LogP contribution in [-0.2, 0) is 4.74 Å². The van der Waals surface area contributed by atoms with Gasteiger partial charge in [0.2, 0.25) is 0 Å². The molecule has 0 saturated heterocycles. The maximum Gasteiger partial charge on any atom is 0.338 e. The lowest BCUT2D eigenvalue weighted by atomic mass is 9.98. The molecule has 19 heavy (non-hydrogen) atoms. The molecule has 2 atom stereocenters. The number of esters is 1. The molecule has 106 valence electrons. The highest BCUT2D eigenvalue weighted by molar-refractivity contribution is 9.10. The molecule has 0 bridgehead atoms. The molecule has 2 unspecified atom stereocenters. The third-order valence-electron chi connectivity index (χ3n) is 2.86. The largest absolute Gasteiger partial charge is 0.465 e. The number of aliphatic hydroxyl groups is 1. The van der Waals surface area contributed by atoms with Gasteiger partial charge in [-0.15, -0.1) is 0 Å². The van der Waals surface area contributed by atoms with Gasteiger partial charge in [0.15, 0.2) is 0 Å². The third-order valence-corrected chi connectivity index (χ3v) is 3.35. The Kier molecular flexibility index (Phi) is 6.45. The smallest absolute Gasteiger partial charge is 0.338 e. The molecule has 0 saturated carbocycles. The van der Waals surface area contributed by atoms with E-state index in [9.17, 15) is 14.3 Å². The SMILES string of the molecule is COC(=O)c1cc(Br)ccc1C(O)CCCC(C)F. The monoisotopic (exact) mass is 332 g/mol. The molecule has 0 spiro atoms. The van der Waals surface area contributed by atoms with E-state index in [-0.39, 0.29) is 0 Å². The highest BCUT2D eigenvalue weighted by Gasteiger charge is 2.18. The van der Waals surface area contributed by atoms with E-state index in [2.05, 4.69) is 15.9 Å². The quantitative estimate of drug-likeness (QED) is 0.806. The van der Waals surface area contributed by atoms with Crippen LogP contribution in [0.4, 0.5) is 4.39 Å². The van der Waals surface area contributed by atoms with Crippen molar-refractivity contribution in [3.8, 4) is 0 Å². The van der Waals surface area contributed by atoms with Crippen molar-refractivity contribution < 1.29 is 19.0 Å². The minimum atomic E-state index is -0.878. The second-order valence-corrected chi connectivity index (χ2v) is 5.37. The van der Waals surface area contributed by atoms with E-state index in [0.29, 0.717) is 30.4 Å². The van der Waals surface area contributed by atoms with Gasteiger partial charge in [0, 0.05) is 4.47 Å². The number of benzene rings is 1. The number of methoxy groups -OCH3 is 1. The summed E-state index contributed by atoms with van der Waals surface area (Å²) in [5.74, 6) is -0.491. The molecule has 0 aliphatic heterocycles. The van der Waals surface area contributed by atoms with Crippen LogP contribution in [0.2, 0.25) is 0 Å². The zero-order chi connectivity index (χ0) is 14.4. The lowest BCUT2D eigenvalue weighted by molar-refractivity contribution is 0.0592. The first-order valence-corrected chi connectivity index (χ1v) is 6.95. The van der Waals surface area contributed by atoms with Gasteiger partial charge in [0.25, 0.3) is 0 Å². The van der Waals surface area contributed by atoms with E-state index in [0.717, 1.165) is 4.47 Å². The fourth-order valence-electron chi connectivity index (χ4n) is 1.85. The fourth-order valence-corrected chi connectivity index (χ4v) is 2.21. The summed E-state index contributed by atoms with van der Waals surface area (Å²) >= 11 is 3.28. The van der Waals surface area contributed by atoms with E-state index in [1.165, 1.54) is 14.0 Å². The van der Waals surface area contributed by atoms with Gasteiger partial charge >= 0.3 is 5.97 Å². The van der Waals surface area contributed by atoms with Crippen LogP contribution in [0, 0.1) is 0 Å². The van der Waals surface area contributed by atoms with Crippen LogP contribution in [0.3, 0.4) is 0 Å². The van der Waals surface area contributed by atoms with Gasteiger partial charge in [-0.3, -0.25) is 0 Å². The van der Waals surface area contributed by atoms with E-state index in [1.807, 2.05) is 0 Å². The Morgan fingerprint density at radius 2 is 2.16 bits per heavy atom. The second kappa shape index (κ2) is 7.60. The highest BCUT2D eigenvalue weighted by Crippen LogP contribution is 2.26. The number of hydrogen-bond donors (Lipinski definition) is 1. The van der Waals surface area contributed by atoms with Gasteiger partial charge in [-0.25, -0.2) is 9.18 Å². The lowest BCUT2D eigenvalue weighted by Crippen LogP contribution is -2.10. The van der Waals surface area contributed by atoms with Crippen LogP contribution in [0.5, 0.6) is 0 Å². The van der Waals surface area contributed by atoms with Gasteiger partial charge in [-0.05, 0) is 43.9 Å². The molecule has 1 rings (SSSR count). The van der Waals surface area contributed by atoms with Gasteiger partial charge < -0.3 is 9.84 Å². The maximum absolute atomic E-state index is 12.7. The molecule has 0 heterocycles. The van der Waals surface area contributed by atoms with Crippen molar-refractivity contribution in [1.82, 2.24) is 0 Å². The first kappa shape index (κ1) is 16.1. The molecule has 3 nitrogen and oxygen atoms in total. The summed E-state index contributed by atoms with van der Waals surface area (Å²) in [5.41, 5.74) is 0.847. The number of ether oxygens (including phenoxy) is 1. The van der Waals surface area contributed by atoms with E-state index in [4.69, 9.17) is 4.74 Å². The van der Waals surface area contributed by atoms with E-state index < -0.39 is 18.2 Å². The van der Waals surface area contributed by atoms with E-state index >= 15 is 0 Å². The van der Waals surface area contributed by atoms with Crippen LogP contribution in [0.1, 0.15) is 48.2 Å². The van der Waals surface area contributed by atoms with Crippen molar-refractivity contribution in [1.29, 1.82) is 0 Å². The summed E-state index contributed by atoms with van der Waals surface area (Å²) in [6.45, 7) is 1.49. The van der Waals surface area contributed by atoms with Gasteiger partial charge in [-0.2, -0.15) is 0 Å². The normalized spacial score (nSPS) is 13.9. The van der Waals surface area contributed by atoms with Crippen molar-refractivity contribution in [3.63, 3.8) is 0 Å². The molecule has 1 aromatic carbocycles. The summed E-state index contributed by atoms with van der Waals surface area (Å²) < 4.78 is 18.1. The molecule has 1 N–H and O–H groups in total. The van der Waals surface area contributed by atoms with Crippen molar-refractivity contribution in [3.05, 3.63) is 33.8 Å². The molecule has 0 aromatic heterocycles. The van der Waals surface area contributed by atoms with Gasteiger partial charge in [0.05, 0.1) is 24.9 Å². The zero-order valence-electron chi connectivity index (χ0n) is 11.0. The summed E-state index contributed by atoms with van der Waals surface area (Å²) in [4.78, 5) is 11.7. The minimum absolute atomic E-state index is 0.331. The molecular formula is C14H18BrFO3. The van der Waals surface area contributed by atoms with Crippen molar-refractivity contribution in [2.45, 2.75) is 38.5 Å². The molecule has 0 aliphatic rings. The van der Waals surface area contributed by atoms with E-state index in [1.54, 1.807) is 18.2 Å². The van der Waals surface area contributed by atoms with Gasteiger partial charge in [-0.1, -0.05) is 22.0 Å². The summed E-state index contributed by atoms with van der Waals surface area (Å²) in [6, 6.07) is 5.05. The average molecular weight is 333 g/mol. The van der Waals surface area contributed by atoms with Crippen LogP contribution >= 0.6 is 15.9 Å². The van der Waals surface area contributed by atoms with Crippen LogP contribution in [0.25, 0.3) is 0 Å². The Morgan fingerprint density at radius 1 is 1.47 bits per heavy atom. The molecule has 0 fully saturated rings. The molecule has 0 aliphatic carbocycles. The summed E-state index contributed by atoms with van der Waals surface area (Å²) in [7, 11) is 1.30. The Hall–Kier alpha value is -0.940. The Labute approximate surface area is 120 Å². The molecule has 5 heteroatoms. The highest BCUT2D eigenvalue weighted by atomic mass is 79.9. The predicted molar refractivity (Wildman–Crippen MR) is 74.9 cm³/mol. The Balaban J connectivity index is 2.83. The predicted octanol–water partition coefficient (Wildman–Crippen LogP) is 3.80. The molecular weight excluding hydrogens is 315 g/mol. The molecule has 0 amide bonds. The topological polar surface area (TPSA) is 46.5 Å². The summed E-state index contributed by atoms with van der Waals surface area (Å²) in [6.07, 6.45) is -0.283. The summed E-state index contributed by atoms with van der Waals surface area (Å²) in [5, 5.41) is 10.1. The Bertz CT molecular complexity index is 435. The third kappa shape index (κ3) is 4.91. The first-order chi connectivity index (χ1) is 8.95. The number of halogens is 2. The standard InChI is InChI=1S/C14H18BrFO3/c1-9(16)4-3-5-13(17)11-7-6-10(15)8-12(11)14(18)19-2/h6-9,13,17H,3-5H2,1-2H3. The Morgan fingerprint density at radius 3 is 2.74 bits per heavy atom. The van der Waals surface area contributed by atoms with Crippen molar-refractivity contribution in [2.75, 3.05) is 7.11 Å². The number of aliphatic hydroxyl groups excluding tert-OH is 1. The fraction of sp³-hybridized carbons (Fsp3) is 0.500. The van der Waals surface area contributed by atoms with Crippen molar-refractivity contribution in [2.24, 2.45) is 0 Å². The van der Waals surface area contributed by atoms with Crippen LogP contribution in [-0.4, -0.2) is 24.4 Å². The molecule has 1 aromatic rings. The average Bonchev–Trinajstić information content (AvgIpc) is 2.37. The zero-order valence-corrected chi connectivity index (χ0v) is 12.6. The van der Waals surface area contributed by atoms with Crippen LogP contribution < -0.4 is 0 Å². The number of hydrogen-bond acceptors (Lipinski definition) is 3. The number of alkyl halides is 1. The van der Waals surface area contributed by atoms with Crippen LogP contribution in [0.15, 0.2) is 22.7 Å². The minimum Gasteiger partial charge on any atom is -0.465 e. The number of carbonyl (C=O) groups excluding carboxylic acids is 1. The van der Waals surface area contributed by atoms with Gasteiger partial charge in [0.1, 0.15) is 0 Å².